The number of ketones is 1. The molecule has 0 radical (unpaired) electrons. The Balaban J connectivity index is 2.37. The summed E-state index contributed by atoms with van der Waals surface area (Å²) >= 11 is 0. The van der Waals surface area contributed by atoms with Crippen molar-refractivity contribution in [2.45, 2.75) is 90.9 Å². The molecule has 0 fully saturated rings. The molecule has 0 aliphatic carbocycles. The van der Waals surface area contributed by atoms with Gasteiger partial charge in [-0.3, -0.25) is 9.89 Å². The molecule has 3 heteroatoms. The van der Waals surface area contributed by atoms with E-state index in [0.29, 0.717) is 5.69 Å². The predicted molar refractivity (Wildman–Crippen MR) is 93.2 cm³/mol. The summed E-state index contributed by atoms with van der Waals surface area (Å²) in [6, 6.07) is 1.81. The normalized spacial score (nSPS) is 11.2. The van der Waals surface area contributed by atoms with Crippen molar-refractivity contribution in [3.8, 4) is 0 Å². The molecule has 126 valence electrons. The average molecular weight is 306 g/mol. The Hall–Kier alpha value is -1.12. The molecular weight excluding hydrogens is 272 g/mol. The van der Waals surface area contributed by atoms with Crippen LogP contribution in [0.4, 0.5) is 0 Å². The fourth-order valence-electron chi connectivity index (χ4n) is 3.01. The summed E-state index contributed by atoms with van der Waals surface area (Å²) in [5.41, 5.74) is 0.687. The van der Waals surface area contributed by atoms with E-state index in [-0.39, 0.29) is 11.7 Å². The quantitative estimate of drug-likeness (QED) is 0.342. The van der Waals surface area contributed by atoms with Gasteiger partial charge in [-0.25, -0.2) is 0 Å². The number of hydrogen-bond acceptors (Lipinski definition) is 2. The second-order valence-corrected chi connectivity index (χ2v) is 6.44. The summed E-state index contributed by atoms with van der Waals surface area (Å²) in [5, 5.41) is 6.76. The van der Waals surface area contributed by atoms with Gasteiger partial charge in [0.05, 0.1) is 0 Å². The Morgan fingerprint density at radius 3 is 1.95 bits per heavy atom. The standard InChI is InChI=1S/C19H34N2O/c1-3-5-7-9-11-13-17(14-12-10-8-6-4-2)19(22)18-15-16-20-21-18/h15-17H,3-14H2,1-2H3,(H,20,21). The monoisotopic (exact) mass is 306 g/mol. The van der Waals surface area contributed by atoms with Crippen LogP contribution in [0.15, 0.2) is 12.3 Å². The summed E-state index contributed by atoms with van der Waals surface area (Å²) in [4.78, 5) is 12.6. The van der Waals surface area contributed by atoms with E-state index in [1.54, 1.807) is 6.20 Å². The Bertz CT molecular complexity index is 359. The maximum atomic E-state index is 12.6. The van der Waals surface area contributed by atoms with Crippen LogP contribution in [0.2, 0.25) is 0 Å². The predicted octanol–water partition coefficient (Wildman–Crippen LogP) is 5.93. The zero-order valence-corrected chi connectivity index (χ0v) is 14.6. The minimum atomic E-state index is 0.184. The largest absolute Gasteiger partial charge is 0.292 e. The number of H-pyrrole nitrogens is 1. The highest BCUT2D eigenvalue weighted by molar-refractivity contribution is 5.95. The van der Waals surface area contributed by atoms with Crippen molar-refractivity contribution in [2.24, 2.45) is 5.92 Å². The number of Topliss-reactive ketones (excluding diaryl/α,β-unsaturated/α-hetero) is 1. The lowest BCUT2D eigenvalue weighted by Crippen LogP contribution is -2.15. The number of hydrogen-bond donors (Lipinski definition) is 1. The number of carbonyl (C=O) groups excluding carboxylic acids is 1. The molecule has 0 saturated heterocycles. The third kappa shape index (κ3) is 7.77. The number of nitrogens with zero attached hydrogens (tertiary/aromatic N) is 1. The molecule has 1 aromatic rings. The van der Waals surface area contributed by atoms with Gasteiger partial charge < -0.3 is 0 Å². The lowest BCUT2D eigenvalue weighted by molar-refractivity contribution is 0.0896. The lowest BCUT2D eigenvalue weighted by Gasteiger charge is -2.15. The van der Waals surface area contributed by atoms with E-state index in [9.17, 15) is 4.79 Å². The molecule has 0 atom stereocenters. The topological polar surface area (TPSA) is 45.8 Å². The summed E-state index contributed by atoms with van der Waals surface area (Å²) in [5.74, 6) is 0.451. The van der Waals surface area contributed by atoms with Crippen LogP contribution in [-0.2, 0) is 0 Å². The Morgan fingerprint density at radius 1 is 0.955 bits per heavy atom. The zero-order valence-electron chi connectivity index (χ0n) is 14.6. The number of nitrogens with one attached hydrogen (secondary N) is 1. The molecule has 0 aliphatic heterocycles. The number of carbonyl (C=O) groups is 1. The molecule has 0 bridgehead atoms. The van der Waals surface area contributed by atoms with Gasteiger partial charge in [-0.05, 0) is 18.9 Å². The van der Waals surface area contributed by atoms with Crippen LogP contribution in [0.25, 0.3) is 0 Å². The Kier molecular flexibility index (Phi) is 10.7. The van der Waals surface area contributed by atoms with Gasteiger partial charge >= 0.3 is 0 Å². The van der Waals surface area contributed by atoms with Crippen molar-refractivity contribution < 1.29 is 4.79 Å². The van der Waals surface area contributed by atoms with Crippen LogP contribution < -0.4 is 0 Å². The fraction of sp³-hybridized carbons (Fsp3) is 0.789. The van der Waals surface area contributed by atoms with E-state index in [0.717, 1.165) is 12.8 Å². The average Bonchev–Trinajstić information content (AvgIpc) is 3.06. The molecule has 22 heavy (non-hydrogen) atoms. The minimum Gasteiger partial charge on any atom is -0.292 e. The second kappa shape index (κ2) is 12.4. The highest BCUT2D eigenvalue weighted by Crippen LogP contribution is 2.22. The van der Waals surface area contributed by atoms with E-state index in [1.165, 1.54) is 64.2 Å². The first-order chi connectivity index (χ1) is 10.8. The molecule has 1 aromatic heterocycles. The summed E-state index contributed by atoms with van der Waals surface area (Å²) in [6.45, 7) is 4.47. The number of rotatable bonds is 14. The highest BCUT2D eigenvalue weighted by Gasteiger charge is 2.20. The maximum Gasteiger partial charge on any atom is 0.183 e. The third-order valence-corrected chi connectivity index (χ3v) is 4.45. The van der Waals surface area contributed by atoms with Crippen LogP contribution >= 0.6 is 0 Å². The summed E-state index contributed by atoms with van der Waals surface area (Å²) < 4.78 is 0. The van der Waals surface area contributed by atoms with Crippen LogP contribution in [0.5, 0.6) is 0 Å². The molecule has 0 aliphatic rings. The van der Waals surface area contributed by atoms with E-state index < -0.39 is 0 Å². The maximum absolute atomic E-state index is 12.6. The summed E-state index contributed by atoms with van der Waals surface area (Å²) in [7, 11) is 0. The summed E-state index contributed by atoms with van der Waals surface area (Å²) in [6.07, 6.45) is 16.4. The molecule has 1 N–H and O–H groups in total. The van der Waals surface area contributed by atoms with Gasteiger partial charge in [0.2, 0.25) is 0 Å². The van der Waals surface area contributed by atoms with Gasteiger partial charge in [0.15, 0.2) is 5.78 Å². The van der Waals surface area contributed by atoms with Crippen molar-refractivity contribution in [1.29, 1.82) is 0 Å². The number of aromatic amines is 1. The smallest absolute Gasteiger partial charge is 0.183 e. The van der Waals surface area contributed by atoms with Crippen LogP contribution in [-0.4, -0.2) is 16.0 Å². The molecule has 1 heterocycles. The van der Waals surface area contributed by atoms with Gasteiger partial charge in [-0.1, -0.05) is 78.1 Å². The number of unbranched alkanes of at least 4 members (excludes halogenated alkanes) is 8. The van der Waals surface area contributed by atoms with Crippen molar-refractivity contribution in [1.82, 2.24) is 10.2 Å². The third-order valence-electron chi connectivity index (χ3n) is 4.45. The molecule has 0 amide bonds. The van der Waals surface area contributed by atoms with Gasteiger partial charge in [-0.2, -0.15) is 5.10 Å². The van der Waals surface area contributed by atoms with E-state index in [4.69, 9.17) is 0 Å². The Morgan fingerprint density at radius 2 is 1.50 bits per heavy atom. The van der Waals surface area contributed by atoms with Gasteiger partial charge in [0, 0.05) is 12.1 Å². The molecule has 0 aromatic carbocycles. The first-order valence-corrected chi connectivity index (χ1v) is 9.33. The molecule has 0 spiro atoms. The van der Waals surface area contributed by atoms with Crippen LogP contribution in [0.3, 0.4) is 0 Å². The number of aromatic nitrogens is 2. The lowest BCUT2D eigenvalue weighted by atomic mass is 9.89. The SMILES string of the molecule is CCCCCCCC(CCCCCCC)C(=O)c1ccn[nH]1. The highest BCUT2D eigenvalue weighted by atomic mass is 16.1. The fourth-order valence-corrected chi connectivity index (χ4v) is 3.01. The van der Waals surface area contributed by atoms with Crippen molar-refractivity contribution in [3.63, 3.8) is 0 Å². The first kappa shape index (κ1) is 18.9. The van der Waals surface area contributed by atoms with Crippen LogP contribution in [0, 0.1) is 5.92 Å². The molecular formula is C19H34N2O. The minimum absolute atomic E-state index is 0.184. The molecule has 1 rings (SSSR count). The van der Waals surface area contributed by atoms with E-state index >= 15 is 0 Å². The van der Waals surface area contributed by atoms with Crippen LogP contribution in [0.1, 0.15) is 101 Å². The van der Waals surface area contributed by atoms with Crippen molar-refractivity contribution in [3.05, 3.63) is 18.0 Å². The molecule has 0 saturated carbocycles. The van der Waals surface area contributed by atoms with Gasteiger partial charge in [0.25, 0.3) is 0 Å². The van der Waals surface area contributed by atoms with Crippen molar-refractivity contribution in [2.75, 3.05) is 0 Å². The van der Waals surface area contributed by atoms with E-state index in [1.807, 2.05) is 6.07 Å². The van der Waals surface area contributed by atoms with Gasteiger partial charge in [0.1, 0.15) is 5.69 Å². The zero-order chi connectivity index (χ0) is 16.0. The van der Waals surface area contributed by atoms with Gasteiger partial charge in [-0.15, -0.1) is 0 Å². The second-order valence-electron chi connectivity index (χ2n) is 6.44. The van der Waals surface area contributed by atoms with E-state index in [2.05, 4.69) is 24.0 Å². The first-order valence-electron chi connectivity index (χ1n) is 9.33. The molecule has 3 nitrogen and oxygen atoms in total. The Labute approximate surface area is 136 Å². The van der Waals surface area contributed by atoms with Crippen molar-refractivity contribution >= 4 is 5.78 Å². The molecule has 0 unspecified atom stereocenters.